The van der Waals surface area contributed by atoms with Crippen molar-refractivity contribution in [3.05, 3.63) is 23.7 Å². The third kappa shape index (κ3) is 3.40. The molecule has 1 rings (SSSR count). The first kappa shape index (κ1) is 11.8. The van der Waals surface area contributed by atoms with Gasteiger partial charge in [0.25, 0.3) is 0 Å². The summed E-state index contributed by atoms with van der Waals surface area (Å²) in [6.07, 6.45) is 1.77. The molecule has 0 aliphatic rings. The number of esters is 1. The molecule has 1 aromatic heterocycles. The molecular weight excluding hydrogens is 194 g/mol. The minimum Gasteiger partial charge on any atom is -0.457 e. The van der Waals surface area contributed by atoms with Crippen LogP contribution in [0.1, 0.15) is 43.0 Å². The summed E-state index contributed by atoms with van der Waals surface area (Å²) in [6.45, 7) is 4.20. The van der Waals surface area contributed by atoms with Crippen LogP contribution in [-0.4, -0.2) is 12.1 Å². The van der Waals surface area contributed by atoms with Crippen molar-refractivity contribution in [1.82, 2.24) is 0 Å². The summed E-state index contributed by atoms with van der Waals surface area (Å²) in [6, 6.07) is 3.27. The fraction of sp³-hybridized carbons (Fsp3) is 0.545. The highest BCUT2D eigenvalue weighted by atomic mass is 16.6. The van der Waals surface area contributed by atoms with Crippen LogP contribution in [0, 0.1) is 0 Å². The van der Waals surface area contributed by atoms with Crippen LogP contribution in [0.2, 0.25) is 0 Å². The van der Waals surface area contributed by atoms with Crippen molar-refractivity contribution >= 4 is 5.97 Å². The van der Waals surface area contributed by atoms with Gasteiger partial charge >= 0.3 is 5.97 Å². The number of rotatable bonds is 5. The van der Waals surface area contributed by atoms with E-state index in [2.05, 4.69) is 0 Å². The SMILES string of the molecule is CCCC(C)OC(=O)c1ccc(CN)o1. The van der Waals surface area contributed by atoms with Crippen molar-refractivity contribution in [3.8, 4) is 0 Å². The van der Waals surface area contributed by atoms with E-state index in [0.29, 0.717) is 5.76 Å². The van der Waals surface area contributed by atoms with Crippen molar-refractivity contribution in [3.63, 3.8) is 0 Å². The van der Waals surface area contributed by atoms with E-state index in [9.17, 15) is 4.79 Å². The first-order valence-corrected chi connectivity index (χ1v) is 5.17. The Kier molecular flexibility index (Phi) is 4.37. The van der Waals surface area contributed by atoms with Gasteiger partial charge in [-0.15, -0.1) is 0 Å². The third-order valence-electron chi connectivity index (χ3n) is 2.07. The van der Waals surface area contributed by atoms with E-state index in [0.717, 1.165) is 12.8 Å². The summed E-state index contributed by atoms with van der Waals surface area (Å²) in [5.74, 6) is 0.388. The first-order valence-electron chi connectivity index (χ1n) is 5.17. The molecule has 0 amide bonds. The number of nitrogens with two attached hydrogens (primary N) is 1. The summed E-state index contributed by atoms with van der Waals surface area (Å²) in [5, 5.41) is 0. The highest BCUT2D eigenvalue weighted by Gasteiger charge is 2.15. The van der Waals surface area contributed by atoms with Gasteiger partial charge in [-0.25, -0.2) is 4.79 Å². The molecule has 0 radical (unpaired) electrons. The molecule has 2 N–H and O–H groups in total. The van der Waals surface area contributed by atoms with Gasteiger partial charge in [-0.05, 0) is 25.5 Å². The molecule has 84 valence electrons. The molecule has 15 heavy (non-hydrogen) atoms. The van der Waals surface area contributed by atoms with Gasteiger partial charge in [-0.1, -0.05) is 13.3 Å². The lowest BCUT2D eigenvalue weighted by Gasteiger charge is -2.10. The molecule has 0 saturated heterocycles. The quantitative estimate of drug-likeness (QED) is 0.757. The maximum atomic E-state index is 11.5. The van der Waals surface area contributed by atoms with Crippen molar-refractivity contribution in [2.75, 3.05) is 0 Å². The summed E-state index contributed by atoms with van der Waals surface area (Å²) in [7, 11) is 0. The molecule has 4 nitrogen and oxygen atoms in total. The highest BCUT2D eigenvalue weighted by molar-refractivity contribution is 5.86. The van der Waals surface area contributed by atoms with Crippen molar-refractivity contribution in [2.24, 2.45) is 5.73 Å². The predicted molar refractivity (Wildman–Crippen MR) is 56.4 cm³/mol. The Morgan fingerprint density at radius 3 is 2.87 bits per heavy atom. The van der Waals surface area contributed by atoms with E-state index in [1.807, 2.05) is 13.8 Å². The lowest BCUT2D eigenvalue weighted by Crippen LogP contribution is -2.14. The minimum atomic E-state index is -0.421. The molecule has 1 unspecified atom stereocenters. The van der Waals surface area contributed by atoms with Gasteiger partial charge in [0.2, 0.25) is 5.76 Å². The Balaban J connectivity index is 2.53. The van der Waals surface area contributed by atoms with Gasteiger partial charge in [0, 0.05) is 0 Å². The van der Waals surface area contributed by atoms with Crippen LogP contribution < -0.4 is 5.73 Å². The van der Waals surface area contributed by atoms with Crippen LogP contribution in [0.5, 0.6) is 0 Å². The van der Waals surface area contributed by atoms with Crippen molar-refractivity contribution in [2.45, 2.75) is 39.3 Å². The third-order valence-corrected chi connectivity index (χ3v) is 2.07. The van der Waals surface area contributed by atoms with Crippen molar-refractivity contribution < 1.29 is 13.9 Å². The average molecular weight is 211 g/mol. The van der Waals surface area contributed by atoms with Gasteiger partial charge in [-0.2, -0.15) is 0 Å². The summed E-state index contributed by atoms with van der Waals surface area (Å²) < 4.78 is 10.3. The van der Waals surface area contributed by atoms with Gasteiger partial charge in [-0.3, -0.25) is 0 Å². The topological polar surface area (TPSA) is 65.5 Å². The fourth-order valence-corrected chi connectivity index (χ4v) is 1.30. The summed E-state index contributed by atoms with van der Waals surface area (Å²) >= 11 is 0. The van der Waals surface area contributed by atoms with E-state index in [-0.39, 0.29) is 18.4 Å². The fourth-order valence-electron chi connectivity index (χ4n) is 1.30. The normalized spacial score (nSPS) is 12.5. The number of ether oxygens (including phenoxy) is 1. The van der Waals surface area contributed by atoms with Gasteiger partial charge < -0.3 is 14.9 Å². The van der Waals surface area contributed by atoms with Crippen LogP contribution in [0.25, 0.3) is 0 Å². The lowest BCUT2D eigenvalue weighted by atomic mass is 10.2. The molecule has 0 aliphatic heterocycles. The number of carbonyl (C=O) groups is 1. The van der Waals surface area contributed by atoms with Crippen LogP contribution >= 0.6 is 0 Å². The Bertz CT molecular complexity index is 319. The van der Waals surface area contributed by atoms with E-state index in [1.165, 1.54) is 0 Å². The van der Waals surface area contributed by atoms with E-state index in [1.54, 1.807) is 12.1 Å². The average Bonchev–Trinajstić information content (AvgIpc) is 2.66. The standard InChI is InChI=1S/C11H17NO3/c1-3-4-8(2)14-11(13)10-6-5-9(7-12)15-10/h5-6,8H,3-4,7,12H2,1-2H3. The Morgan fingerprint density at radius 1 is 1.60 bits per heavy atom. The van der Waals surface area contributed by atoms with Crippen LogP contribution in [0.3, 0.4) is 0 Å². The summed E-state index contributed by atoms with van der Waals surface area (Å²) in [4.78, 5) is 11.5. The Labute approximate surface area is 89.4 Å². The zero-order valence-electron chi connectivity index (χ0n) is 9.16. The lowest BCUT2D eigenvalue weighted by molar-refractivity contribution is 0.0285. The number of carbonyl (C=O) groups excluding carboxylic acids is 1. The van der Waals surface area contributed by atoms with Gasteiger partial charge in [0.15, 0.2) is 0 Å². The van der Waals surface area contributed by atoms with Crippen LogP contribution in [0.4, 0.5) is 0 Å². The molecule has 0 fully saturated rings. The van der Waals surface area contributed by atoms with E-state index in [4.69, 9.17) is 14.9 Å². The molecule has 4 heteroatoms. The number of hydrogen-bond donors (Lipinski definition) is 1. The molecule has 0 saturated carbocycles. The smallest absolute Gasteiger partial charge is 0.374 e. The van der Waals surface area contributed by atoms with Gasteiger partial charge in [0.05, 0.1) is 12.6 Å². The van der Waals surface area contributed by atoms with Crippen LogP contribution in [-0.2, 0) is 11.3 Å². The predicted octanol–water partition coefficient (Wildman–Crippen LogP) is 2.08. The molecule has 1 atom stereocenters. The molecule has 0 spiro atoms. The van der Waals surface area contributed by atoms with Crippen molar-refractivity contribution in [1.29, 1.82) is 0 Å². The highest BCUT2D eigenvalue weighted by Crippen LogP contribution is 2.11. The van der Waals surface area contributed by atoms with Gasteiger partial charge in [0.1, 0.15) is 5.76 Å². The Morgan fingerprint density at radius 2 is 2.33 bits per heavy atom. The molecule has 0 aromatic carbocycles. The zero-order valence-corrected chi connectivity index (χ0v) is 9.16. The van der Waals surface area contributed by atoms with E-state index >= 15 is 0 Å². The molecule has 0 bridgehead atoms. The maximum Gasteiger partial charge on any atom is 0.374 e. The second-order valence-corrected chi connectivity index (χ2v) is 3.47. The number of hydrogen-bond acceptors (Lipinski definition) is 4. The molecule has 0 aliphatic carbocycles. The largest absolute Gasteiger partial charge is 0.457 e. The molecule has 1 aromatic rings. The van der Waals surface area contributed by atoms with Crippen LogP contribution in [0.15, 0.2) is 16.5 Å². The minimum absolute atomic E-state index is 0.0751. The zero-order chi connectivity index (χ0) is 11.3. The monoisotopic (exact) mass is 211 g/mol. The van der Waals surface area contributed by atoms with E-state index < -0.39 is 5.97 Å². The second kappa shape index (κ2) is 5.56. The Hall–Kier alpha value is -1.29. The maximum absolute atomic E-state index is 11.5. The number of furan rings is 1. The molecular formula is C11H17NO3. The summed E-state index contributed by atoms with van der Waals surface area (Å²) in [5.41, 5.74) is 5.37. The second-order valence-electron chi connectivity index (χ2n) is 3.47. The first-order chi connectivity index (χ1) is 7.17. The molecule has 1 heterocycles.